The lowest BCUT2D eigenvalue weighted by Crippen LogP contribution is -2.47. The van der Waals surface area contributed by atoms with Gasteiger partial charge in [0.1, 0.15) is 12.2 Å². The molecule has 14 nitrogen and oxygen atoms in total. The number of carbonyl (C=O) groups excluding carboxylic acids is 1. The number of hydrogen-bond acceptors (Lipinski definition) is 8. The molecule has 0 aromatic carbocycles. The van der Waals surface area contributed by atoms with Gasteiger partial charge in [-0.2, -0.15) is 0 Å². The summed E-state index contributed by atoms with van der Waals surface area (Å²) in [5.74, 6) is 0. The standard InChI is InChI=1S/C6H15O14P3/c1-3(8)5(19-22(12,13)14)6(20-23(15,16)17)4(2-7)18-21(9,10)11/h2-6,8H,1H3,(H2,9,10,11)(H2,12,13,14)(H2,15,16,17)/t3-,4-,5-,6-/m1/s1. The van der Waals surface area contributed by atoms with E-state index >= 15 is 0 Å². The monoisotopic (exact) mass is 404 g/mol. The fourth-order valence-electron chi connectivity index (χ4n) is 1.37. The van der Waals surface area contributed by atoms with Crippen LogP contribution in [0, 0.1) is 0 Å². The Kier molecular flexibility index (Phi) is 8.35. The smallest absolute Gasteiger partial charge is 0.391 e. The quantitative estimate of drug-likeness (QED) is 0.154. The molecule has 0 saturated heterocycles. The Morgan fingerprint density at radius 3 is 1.39 bits per heavy atom. The molecule has 17 heteroatoms. The molecule has 0 spiro atoms. The summed E-state index contributed by atoms with van der Waals surface area (Å²) in [5.41, 5.74) is 0. The summed E-state index contributed by atoms with van der Waals surface area (Å²) in [7, 11) is -16.2. The predicted octanol–water partition coefficient (Wildman–Crippen LogP) is -2.00. The highest BCUT2D eigenvalue weighted by Gasteiger charge is 2.44. The zero-order valence-corrected chi connectivity index (χ0v) is 13.9. The van der Waals surface area contributed by atoms with Gasteiger partial charge in [0.2, 0.25) is 0 Å². The number of rotatable bonds is 10. The second-order valence-electron chi connectivity index (χ2n) is 4.06. The van der Waals surface area contributed by atoms with Crippen LogP contribution in [0.15, 0.2) is 0 Å². The molecular weight excluding hydrogens is 389 g/mol. The van der Waals surface area contributed by atoms with Crippen molar-refractivity contribution >= 4 is 29.8 Å². The topological polar surface area (TPSA) is 238 Å². The van der Waals surface area contributed by atoms with Crippen LogP contribution >= 0.6 is 23.5 Å². The van der Waals surface area contributed by atoms with E-state index in [1.807, 2.05) is 0 Å². The van der Waals surface area contributed by atoms with Crippen molar-refractivity contribution in [3.05, 3.63) is 0 Å². The SMILES string of the molecule is C[C@@H](O)[C@@H](OP(=O)(O)O)[C@H](OP(=O)(O)O)[C@@H](C=O)OP(=O)(O)O. The van der Waals surface area contributed by atoms with Gasteiger partial charge in [0.15, 0.2) is 12.4 Å². The molecule has 0 aliphatic heterocycles. The van der Waals surface area contributed by atoms with E-state index in [1.165, 1.54) is 0 Å². The summed E-state index contributed by atoms with van der Waals surface area (Å²) in [5, 5.41) is 9.42. The third-order valence-electron chi connectivity index (χ3n) is 2.03. The number of aliphatic hydroxyl groups is 1. The fraction of sp³-hybridized carbons (Fsp3) is 0.833. The van der Waals surface area contributed by atoms with Gasteiger partial charge >= 0.3 is 23.5 Å². The van der Waals surface area contributed by atoms with Crippen LogP contribution in [0.5, 0.6) is 0 Å². The largest absolute Gasteiger partial charge is 0.470 e. The minimum atomic E-state index is -5.45. The second kappa shape index (κ2) is 8.37. The second-order valence-corrected chi connectivity index (χ2v) is 7.63. The van der Waals surface area contributed by atoms with Crippen molar-refractivity contribution in [3.63, 3.8) is 0 Å². The number of phosphoric ester groups is 3. The molecule has 138 valence electrons. The molecule has 23 heavy (non-hydrogen) atoms. The number of hydrogen-bond donors (Lipinski definition) is 7. The number of aldehydes is 1. The molecule has 0 rings (SSSR count). The fourth-order valence-corrected chi connectivity index (χ4v) is 3.02. The average Bonchev–Trinajstić information content (AvgIpc) is 2.26. The van der Waals surface area contributed by atoms with Gasteiger partial charge in [-0.25, -0.2) is 13.7 Å². The first-order valence-corrected chi connectivity index (χ1v) is 10.00. The van der Waals surface area contributed by atoms with Gasteiger partial charge in [-0.3, -0.25) is 13.6 Å². The normalized spacial score (nSPS) is 19.0. The van der Waals surface area contributed by atoms with Crippen LogP contribution in [0.3, 0.4) is 0 Å². The first-order chi connectivity index (χ1) is 10.1. The zero-order chi connectivity index (χ0) is 18.6. The van der Waals surface area contributed by atoms with Crippen molar-refractivity contribution in [1.82, 2.24) is 0 Å². The molecule has 0 bridgehead atoms. The van der Waals surface area contributed by atoms with E-state index in [-0.39, 0.29) is 6.29 Å². The molecular formula is C6H15O14P3. The Balaban J connectivity index is 5.78. The maximum atomic E-state index is 10.9. The summed E-state index contributed by atoms with van der Waals surface area (Å²) >= 11 is 0. The van der Waals surface area contributed by atoms with Crippen molar-refractivity contribution in [2.75, 3.05) is 0 Å². The van der Waals surface area contributed by atoms with E-state index < -0.39 is 47.9 Å². The Hall–Kier alpha value is -0.0400. The average molecular weight is 404 g/mol. The van der Waals surface area contributed by atoms with E-state index in [1.54, 1.807) is 0 Å². The van der Waals surface area contributed by atoms with Crippen LogP contribution in [-0.4, -0.2) is 65.2 Å². The molecule has 4 atom stereocenters. The minimum Gasteiger partial charge on any atom is -0.391 e. The first-order valence-electron chi connectivity index (χ1n) is 5.41. The lowest BCUT2D eigenvalue weighted by Gasteiger charge is -2.32. The Morgan fingerprint density at radius 1 is 0.783 bits per heavy atom. The molecule has 0 amide bonds. The van der Waals surface area contributed by atoms with E-state index in [4.69, 9.17) is 29.4 Å². The first kappa shape index (κ1) is 23.0. The molecule has 0 aromatic rings. The highest BCUT2D eigenvalue weighted by molar-refractivity contribution is 7.47. The lowest BCUT2D eigenvalue weighted by atomic mass is 10.1. The summed E-state index contributed by atoms with van der Waals surface area (Å²) in [4.78, 5) is 63.1. The van der Waals surface area contributed by atoms with Crippen LogP contribution in [0.1, 0.15) is 6.92 Å². The highest BCUT2D eigenvalue weighted by Crippen LogP contribution is 2.46. The van der Waals surface area contributed by atoms with Gasteiger partial charge in [-0.1, -0.05) is 0 Å². The Labute approximate surface area is 128 Å². The molecule has 0 aliphatic rings. The highest BCUT2D eigenvalue weighted by atomic mass is 31.2. The van der Waals surface area contributed by atoms with E-state index in [0.717, 1.165) is 6.92 Å². The number of aliphatic hydroxyl groups excluding tert-OH is 1. The molecule has 0 unspecified atom stereocenters. The van der Waals surface area contributed by atoms with Gasteiger partial charge in [-0.15, -0.1) is 0 Å². The Morgan fingerprint density at radius 2 is 1.13 bits per heavy atom. The van der Waals surface area contributed by atoms with E-state index in [9.17, 15) is 23.6 Å². The van der Waals surface area contributed by atoms with Gasteiger partial charge in [0, 0.05) is 0 Å². The van der Waals surface area contributed by atoms with Crippen LogP contribution in [0.4, 0.5) is 0 Å². The molecule has 0 saturated carbocycles. The summed E-state index contributed by atoms with van der Waals surface area (Å²) in [6.45, 7) is 0.843. The summed E-state index contributed by atoms with van der Waals surface area (Å²) in [6.07, 6.45) is -9.45. The minimum absolute atomic E-state index is 0.363. The zero-order valence-electron chi connectivity index (χ0n) is 11.2. The van der Waals surface area contributed by atoms with Crippen molar-refractivity contribution in [1.29, 1.82) is 0 Å². The van der Waals surface area contributed by atoms with Crippen molar-refractivity contribution in [3.8, 4) is 0 Å². The van der Waals surface area contributed by atoms with Gasteiger partial charge in [0.25, 0.3) is 0 Å². The molecule has 0 fully saturated rings. The lowest BCUT2D eigenvalue weighted by molar-refractivity contribution is -0.128. The van der Waals surface area contributed by atoms with Crippen LogP contribution in [0.25, 0.3) is 0 Å². The van der Waals surface area contributed by atoms with E-state index in [0.29, 0.717) is 0 Å². The maximum Gasteiger partial charge on any atom is 0.470 e. The van der Waals surface area contributed by atoms with Crippen molar-refractivity contribution < 1.29 is 66.5 Å². The van der Waals surface area contributed by atoms with Crippen LogP contribution < -0.4 is 0 Å². The third kappa shape index (κ3) is 10.4. The van der Waals surface area contributed by atoms with Crippen LogP contribution in [0.2, 0.25) is 0 Å². The number of carbonyl (C=O) groups is 1. The number of phosphoric acid groups is 3. The van der Waals surface area contributed by atoms with Gasteiger partial charge in [-0.05, 0) is 6.92 Å². The molecule has 7 N–H and O–H groups in total. The van der Waals surface area contributed by atoms with Crippen LogP contribution in [-0.2, 0) is 32.1 Å². The molecule has 0 radical (unpaired) electrons. The Bertz CT molecular complexity index is 527. The molecule has 0 aromatic heterocycles. The summed E-state index contributed by atoms with van der Waals surface area (Å²) < 4.78 is 44.5. The van der Waals surface area contributed by atoms with Crippen molar-refractivity contribution in [2.45, 2.75) is 31.3 Å². The molecule has 0 aliphatic carbocycles. The van der Waals surface area contributed by atoms with Crippen molar-refractivity contribution in [2.24, 2.45) is 0 Å². The molecule has 0 heterocycles. The third-order valence-corrected chi connectivity index (χ3v) is 3.59. The van der Waals surface area contributed by atoms with E-state index in [2.05, 4.69) is 13.6 Å². The predicted molar refractivity (Wildman–Crippen MR) is 68.5 cm³/mol. The van der Waals surface area contributed by atoms with Gasteiger partial charge in [0.05, 0.1) is 6.10 Å². The summed E-state index contributed by atoms with van der Waals surface area (Å²) in [6, 6.07) is 0. The van der Waals surface area contributed by atoms with Gasteiger partial charge < -0.3 is 39.3 Å². The maximum absolute atomic E-state index is 10.9.